The number of aromatic nitrogens is 5. The molecule has 150 valence electrons. The number of pyridine rings is 1. The van der Waals surface area contributed by atoms with Gasteiger partial charge in [-0.15, -0.1) is 0 Å². The fraction of sp³-hybridized carbons (Fsp3) is 0.261. The topological polar surface area (TPSA) is 85.6 Å². The van der Waals surface area contributed by atoms with Crippen molar-refractivity contribution in [2.45, 2.75) is 32.6 Å². The van der Waals surface area contributed by atoms with Crippen LogP contribution < -0.4 is 5.32 Å². The van der Waals surface area contributed by atoms with Crippen molar-refractivity contribution in [3.8, 4) is 11.3 Å². The molecule has 1 amide bonds. The first-order valence-corrected chi connectivity index (χ1v) is 10.1. The van der Waals surface area contributed by atoms with Crippen molar-refractivity contribution in [3.05, 3.63) is 65.4 Å². The van der Waals surface area contributed by atoms with Crippen molar-refractivity contribution in [1.82, 2.24) is 24.7 Å². The van der Waals surface area contributed by atoms with E-state index in [4.69, 9.17) is 4.98 Å². The Morgan fingerprint density at radius 2 is 1.97 bits per heavy atom. The first-order valence-electron chi connectivity index (χ1n) is 10.1. The zero-order valence-corrected chi connectivity index (χ0v) is 17.2. The Hall–Kier alpha value is -3.61. The highest BCUT2D eigenvalue weighted by Gasteiger charge is 2.28. The van der Waals surface area contributed by atoms with Gasteiger partial charge in [-0.1, -0.05) is 12.1 Å². The third-order valence-corrected chi connectivity index (χ3v) is 5.42. The van der Waals surface area contributed by atoms with Gasteiger partial charge in [0, 0.05) is 36.1 Å². The number of nitrogens with one attached hydrogen (secondary N) is 1. The molecule has 0 spiro atoms. The summed E-state index contributed by atoms with van der Waals surface area (Å²) >= 11 is 0. The van der Waals surface area contributed by atoms with Gasteiger partial charge in [-0.2, -0.15) is 5.10 Å². The quantitative estimate of drug-likeness (QED) is 0.558. The Morgan fingerprint density at radius 1 is 1.13 bits per heavy atom. The molecule has 0 atom stereocenters. The van der Waals surface area contributed by atoms with Crippen molar-refractivity contribution >= 4 is 22.6 Å². The van der Waals surface area contributed by atoms with Crippen molar-refractivity contribution in [3.63, 3.8) is 0 Å². The molecule has 1 aromatic carbocycles. The number of benzene rings is 1. The maximum Gasteiger partial charge on any atom is 0.256 e. The smallest absolute Gasteiger partial charge is 0.256 e. The summed E-state index contributed by atoms with van der Waals surface area (Å²) < 4.78 is 1.76. The van der Waals surface area contributed by atoms with Crippen LogP contribution in [0.5, 0.6) is 0 Å². The second kappa shape index (κ2) is 7.02. The van der Waals surface area contributed by atoms with E-state index in [1.807, 2.05) is 57.3 Å². The van der Waals surface area contributed by atoms with Gasteiger partial charge in [0.05, 0.1) is 22.3 Å². The van der Waals surface area contributed by atoms with Crippen LogP contribution in [0.15, 0.2) is 42.6 Å². The van der Waals surface area contributed by atoms with E-state index in [-0.39, 0.29) is 5.91 Å². The van der Waals surface area contributed by atoms with Crippen LogP contribution in [0.1, 0.15) is 46.3 Å². The molecule has 5 rings (SSSR count). The highest BCUT2D eigenvalue weighted by Crippen LogP contribution is 2.40. The van der Waals surface area contributed by atoms with Crippen LogP contribution in [-0.4, -0.2) is 30.6 Å². The van der Waals surface area contributed by atoms with Crippen LogP contribution in [0, 0.1) is 13.8 Å². The first-order chi connectivity index (χ1) is 14.5. The zero-order valence-electron chi connectivity index (χ0n) is 17.2. The molecule has 3 aromatic heterocycles. The minimum atomic E-state index is -0.156. The molecule has 0 bridgehead atoms. The fourth-order valence-electron chi connectivity index (χ4n) is 3.80. The summed E-state index contributed by atoms with van der Waals surface area (Å²) in [5, 5.41) is 8.34. The molecule has 0 saturated heterocycles. The molecule has 1 aliphatic rings. The van der Waals surface area contributed by atoms with E-state index < -0.39 is 0 Å². The molecule has 4 aromatic rings. The molecule has 3 heterocycles. The lowest BCUT2D eigenvalue weighted by Gasteiger charge is -2.10. The summed E-state index contributed by atoms with van der Waals surface area (Å²) in [5.74, 6) is 0.998. The maximum absolute atomic E-state index is 13.3. The number of rotatable bonds is 4. The van der Waals surface area contributed by atoms with Crippen molar-refractivity contribution in [2.24, 2.45) is 7.05 Å². The lowest BCUT2D eigenvalue weighted by Crippen LogP contribution is -2.13. The second-order valence-electron chi connectivity index (χ2n) is 7.80. The van der Waals surface area contributed by atoms with Gasteiger partial charge < -0.3 is 5.32 Å². The largest absolute Gasteiger partial charge is 0.322 e. The predicted octanol–water partition coefficient (Wildman–Crippen LogP) is 4.17. The number of carbonyl (C=O) groups is 1. The number of carbonyl (C=O) groups excluding carboxylic acids is 1. The molecular formula is C23H22N6O. The van der Waals surface area contributed by atoms with Crippen LogP contribution in [-0.2, 0) is 7.05 Å². The van der Waals surface area contributed by atoms with E-state index in [0.29, 0.717) is 23.0 Å². The van der Waals surface area contributed by atoms with Crippen LogP contribution in [0.4, 0.5) is 5.69 Å². The van der Waals surface area contributed by atoms with Gasteiger partial charge in [0.1, 0.15) is 5.82 Å². The monoisotopic (exact) mass is 398 g/mol. The molecule has 30 heavy (non-hydrogen) atoms. The maximum atomic E-state index is 13.3. The van der Waals surface area contributed by atoms with E-state index in [0.717, 1.165) is 46.5 Å². The third-order valence-electron chi connectivity index (χ3n) is 5.42. The van der Waals surface area contributed by atoms with E-state index in [1.54, 1.807) is 10.9 Å². The van der Waals surface area contributed by atoms with Crippen molar-refractivity contribution in [2.75, 3.05) is 5.32 Å². The first kappa shape index (κ1) is 18.4. The summed E-state index contributed by atoms with van der Waals surface area (Å²) in [6.45, 7) is 3.77. The van der Waals surface area contributed by atoms with E-state index in [1.165, 1.54) is 0 Å². The van der Waals surface area contributed by atoms with Gasteiger partial charge in [0.2, 0.25) is 0 Å². The highest BCUT2D eigenvalue weighted by atomic mass is 16.1. The molecular weight excluding hydrogens is 376 g/mol. The van der Waals surface area contributed by atoms with E-state index in [2.05, 4.69) is 20.4 Å². The molecule has 0 aliphatic heterocycles. The Balaban J connectivity index is 1.52. The number of aryl methyl sites for hydroxylation is 3. The highest BCUT2D eigenvalue weighted by molar-refractivity contribution is 6.12. The van der Waals surface area contributed by atoms with Gasteiger partial charge in [0.25, 0.3) is 5.91 Å². The van der Waals surface area contributed by atoms with Crippen molar-refractivity contribution < 1.29 is 4.79 Å². The number of amides is 1. The number of fused-ring (bicyclic) bond motifs is 1. The van der Waals surface area contributed by atoms with Gasteiger partial charge in [0.15, 0.2) is 5.65 Å². The number of hydrogen-bond acceptors (Lipinski definition) is 5. The van der Waals surface area contributed by atoms with Gasteiger partial charge in [-0.25, -0.2) is 15.0 Å². The molecule has 0 unspecified atom stereocenters. The summed E-state index contributed by atoms with van der Waals surface area (Å²) in [6.07, 6.45) is 3.98. The van der Waals surface area contributed by atoms with E-state index >= 15 is 0 Å². The predicted molar refractivity (Wildman–Crippen MR) is 115 cm³/mol. The van der Waals surface area contributed by atoms with Gasteiger partial charge in [-0.3, -0.25) is 9.48 Å². The normalized spacial score (nSPS) is 13.6. The summed E-state index contributed by atoms with van der Waals surface area (Å²) in [7, 11) is 1.87. The van der Waals surface area contributed by atoms with Gasteiger partial charge in [-0.05, 0) is 51.0 Å². The lowest BCUT2D eigenvalue weighted by molar-refractivity contribution is 0.102. The van der Waals surface area contributed by atoms with Crippen LogP contribution in [0.3, 0.4) is 0 Å². The Kier molecular flexibility index (Phi) is 4.31. The minimum absolute atomic E-state index is 0.156. The Bertz CT molecular complexity index is 1290. The molecule has 7 nitrogen and oxygen atoms in total. The average molecular weight is 398 g/mol. The Labute approximate surface area is 174 Å². The SMILES string of the molecule is Cc1nccc(-c2cccc(NC(=O)c3cc(C4CC4)nc4c3c(C)nn4C)c2)n1. The van der Waals surface area contributed by atoms with Crippen LogP contribution in [0.25, 0.3) is 22.3 Å². The Morgan fingerprint density at radius 3 is 2.73 bits per heavy atom. The molecule has 1 saturated carbocycles. The number of anilines is 1. The summed E-state index contributed by atoms with van der Waals surface area (Å²) in [5.41, 5.74) is 5.62. The molecule has 1 aliphatic carbocycles. The third kappa shape index (κ3) is 3.32. The van der Waals surface area contributed by atoms with E-state index in [9.17, 15) is 4.79 Å². The zero-order chi connectivity index (χ0) is 20.8. The lowest BCUT2D eigenvalue weighted by atomic mass is 10.1. The molecule has 7 heteroatoms. The molecule has 1 fully saturated rings. The number of nitrogens with zero attached hydrogens (tertiary/aromatic N) is 5. The summed E-state index contributed by atoms with van der Waals surface area (Å²) in [4.78, 5) is 26.7. The number of hydrogen-bond donors (Lipinski definition) is 1. The average Bonchev–Trinajstić information content (AvgIpc) is 3.54. The molecule has 0 radical (unpaired) electrons. The standard InChI is InChI=1S/C23H22N6O/c1-13-21-18(12-20(15-7-8-15)27-22(21)29(3)28-13)23(30)26-17-6-4-5-16(11-17)19-9-10-24-14(2)25-19/h4-6,9-12,15H,7-8H2,1-3H3,(H,26,30). The second-order valence-corrected chi connectivity index (χ2v) is 7.80. The van der Waals surface area contributed by atoms with Gasteiger partial charge >= 0.3 is 0 Å². The van der Waals surface area contributed by atoms with Crippen molar-refractivity contribution in [1.29, 1.82) is 0 Å². The van der Waals surface area contributed by atoms with Crippen LogP contribution in [0.2, 0.25) is 0 Å². The summed E-state index contributed by atoms with van der Waals surface area (Å²) in [6, 6.07) is 11.5. The minimum Gasteiger partial charge on any atom is -0.322 e. The fourth-order valence-corrected chi connectivity index (χ4v) is 3.80. The molecule has 1 N–H and O–H groups in total. The van der Waals surface area contributed by atoms with Crippen LogP contribution >= 0.6 is 0 Å².